The summed E-state index contributed by atoms with van der Waals surface area (Å²) in [5, 5.41) is 0. The Morgan fingerprint density at radius 3 is 2.38 bits per heavy atom. The molecule has 82 valence electrons. The van der Waals surface area contributed by atoms with Crippen molar-refractivity contribution in [3.8, 4) is 5.75 Å². The molecule has 0 unspecified atom stereocenters. The molecule has 0 radical (unpaired) electrons. The minimum absolute atomic E-state index is 0.236. The lowest BCUT2D eigenvalue weighted by molar-refractivity contribution is 0.300. The number of halogens is 2. The molecule has 0 saturated heterocycles. The van der Waals surface area contributed by atoms with Crippen molar-refractivity contribution in [3.05, 3.63) is 64.4 Å². The van der Waals surface area contributed by atoms with Crippen LogP contribution in [0.1, 0.15) is 5.56 Å². The number of hydrogen-bond acceptors (Lipinski definition) is 1. The van der Waals surface area contributed by atoms with Gasteiger partial charge in [0, 0.05) is 10.0 Å². The lowest BCUT2D eigenvalue weighted by Crippen LogP contribution is -1.97. The van der Waals surface area contributed by atoms with Crippen LogP contribution in [0.2, 0.25) is 0 Å². The van der Waals surface area contributed by atoms with Gasteiger partial charge in [0.05, 0.1) is 0 Å². The van der Waals surface area contributed by atoms with E-state index in [0.717, 1.165) is 10.2 Å². The van der Waals surface area contributed by atoms with Crippen molar-refractivity contribution in [2.75, 3.05) is 0 Å². The van der Waals surface area contributed by atoms with Crippen LogP contribution < -0.4 is 4.74 Å². The zero-order chi connectivity index (χ0) is 11.4. The molecule has 3 heteroatoms. The first kappa shape index (κ1) is 11.1. The van der Waals surface area contributed by atoms with Crippen LogP contribution in [0, 0.1) is 5.82 Å². The average Bonchev–Trinajstić information content (AvgIpc) is 2.30. The molecule has 0 bridgehead atoms. The van der Waals surface area contributed by atoms with Crippen LogP contribution in [0.15, 0.2) is 53.0 Å². The van der Waals surface area contributed by atoms with E-state index in [2.05, 4.69) is 15.9 Å². The van der Waals surface area contributed by atoms with E-state index in [0.29, 0.717) is 5.56 Å². The summed E-state index contributed by atoms with van der Waals surface area (Å²) in [6.45, 7) is 0.244. The van der Waals surface area contributed by atoms with Gasteiger partial charge in [0.25, 0.3) is 0 Å². The summed E-state index contributed by atoms with van der Waals surface area (Å²) in [5.74, 6) is 0.492. The van der Waals surface area contributed by atoms with Crippen LogP contribution in [0.5, 0.6) is 5.75 Å². The second kappa shape index (κ2) is 5.12. The molecule has 0 amide bonds. The minimum Gasteiger partial charge on any atom is -0.489 e. The highest BCUT2D eigenvalue weighted by Crippen LogP contribution is 2.18. The van der Waals surface area contributed by atoms with Crippen LogP contribution in [0.25, 0.3) is 0 Å². The van der Waals surface area contributed by atoms with Crippen LogP contribution in [0.3, 0.4) is 0 Å². The Morgan fingerprint density at radius 1 is 1.00 bits per heavy atom. The highest BCUT2D eigenvalue weighted by molar-refractivity contribution is 9.10. The SMILES string of the molecule is Fc1ccccc1COc1ccc(Br)cc1. The second-order valence-electron chi connectivity index (χ2n) is 3.33. The first-order valence-electron chi connectivity index (χ1n) is 4.87. The quantitative estimate of drug-likeness (QED) is 0.820. The Hall–Kier alpha value is -1.35. The fourth-order valence-electron chi connectivity index (χ4n) is 1.31. The monoisotopic (exact) mass is 280 g/mol. The van der Waals surface area contributed by atoms with E-state index in [1.54, 1.807) is 18.2 Å². The molecule has 0 atom stereocenters. The maximum atomic E-state index is 13.3. The number of benzene rings is 2. The minimum atomic E-state index is -0.236. The smallest absolute Gasteiger partial charge is 0.129 e. The van der Waals surface area contributed by atoms with Gasteiger partial charge in [-0.05, 0) is 30.3 Å². The molecule has 0 fully saturated rings. The molecule has 1 nitrogen and oxygen atoms in total. The van der Waals surface area contributed by atoms with Crippen molar-refractivity contribution < 1.29 is 9.13 Å². The van der Waals surface area contributed by atoms with Gasteiger partial charge in [-0.2, -0.15) is 0 Å². The van der Waals surface area contributed by atoms with Gasteiger partial charge in [-0.15, -0.1) is 0 Å². The zero-order valence-corrected chi connectivity index (χ0v) is 10.1. The van der Waals surface area contributed by atoms with Gasteiger partial charge in [-0.25, -0.2) is 4.39 Å². The number of rotatable bonds is 3. The normalized spacial score (nSPS) is 10.1. The first-order valence-corrected chi connectivity index (χ1v) is 5.67. The molecule has 0 aromatic heterocycles. The molecule has 16 heavy (non-hydrogen) atoms. The Kier molecular flexibility index (Phi) is 3.57. The first-order chi connectivity index (χ1) is 7.75. The predicted molar refractivity (Wildman–Crippen MR) is 64.9 cm³/mol. The maximum absolute atomic E-state index is 13.3. The van der Waals surface area contributed by atoms with Gasteiger partial charge in [-0.3, -0.25) is 0 Å². The van der Waals surface area contributed by atoms with Gasteiger partial charge in [0.1, 0.15) is 18.2 Å². The molecule has 0 spiro atoms. The molecule has 0 saturated carbocycles. The molecule has 2 aromatic carbocycles. The van der Waals surface area contributed by atoms with Crippen molar-refractivity contribution in [2.45, 2.75) is 6.61 Å². The third kappa shape index (κ3) is 2.83. The fourth-order valence-corrected chi connectivity index (χ4v) is 1.57. The molecule has 2 rings (SSSR count). The van der Waals surface area contributed by atoms with Gasteiger partial charge in [-0.1, -0.05) is 34.1 Å². The summed E-state index contributed by atoms with van der Waals surface area (Å²) < 4.78 is 19.7. The summed E-state index contributed by atoms with van der Waals surface area (Å²) in [6.07, 6.45) is 0. The average molecular weight is 281 g/mol. The summed E-state index contributed by atoms with van der Waals surface area (Å²) in [7, 11) is 0. The van der Waals surface area contributed by atoms with E-state index in [4.69, 9.17) is 4.74 Å². The summed E-state index contributed by atoms with van der Waals surface area (Å²) in [4.78, 5) is 0. The molecule has 0 heterocycles. The third-order valence-corrected chi connectivity index (χ3v) is 2.69. The van der Waals surface area contributed by atoms with E-state index in [1.807, 2.05) is 24.3 Å². The van der Waals surface area contributed by atoms with Gasteiger partial charge < -0.3 is 4.74 Å². The standard InChI is InChI=1S/C13H10BrFO/c14-11-5-7-12(8-6-11)16-9-10-3-1-2-4-13(10)15/h1-8H,9H2. The van der Waals surface area contributed by atoms with E-state index >= 15 is 0 Å². The predicted octanol–water partition coefficient (Wildman–Crippen LogP) is 4.17. The van der Waals surface area contributed by atoms with Crippen LogP contribution in [-0.2, 0) is 6.61 Å². The number of hydrogen-bond donors (Lipinski definition) is 0. The van der Waals surface area contributed by atoms with Gasteiger partial charge in [0.15, 0.2) is 0 Å². The van der Waals surface area contributed by atoms with Crippen molar-refractivity contribution in [2.24, 2.45) is 0 Å². The molecule has 0 N–H and O–H groups in total. The van der Waals surface area contributed by atoms with E-state index in [9.17, 15) is 4.39 Å². The van der Waals surface area contributed by atoms with E-state index < -0.39 is 0 Å². The number of ether oxygens (including phenoxy) is 1. The van der Waals surface area contributed by atoms with Crippen molar-refractivity contribution in [1.29, 1.82) is 0 Å². The summed E-state index contributed by atoms with van der Waals surface area (Å²) in [6, 6.07) is 14.1. The molecule has 0 aliphatic carbocycles. The van der Waals surface area contributed by atoms with Crippen LogP contribution >= 0.6 is 15.9 Å². The second-order valence-corrected chi connectivity index (χ2v) is 4.25. The van der Waals surface area contributed by atoms with E-state index in [-0.39, 0.29) is 12.4 Å². The molecular weight excluding hydrogens is 271 g/mol. The lowest BCUT2D eigenvalue weighted by Gasteiger charge is -2.06. The lowest BCUT2D eigenvalue weighted by atomic mass is 10.2. The Labute approximate surface area is 102 Å². The topological polar surface area (TPSA) is 9.23 Å². The Morgan fingerprint density at radius 2 is 1.69 bits per heavy atom. The van der Waals surface area contributed by atoms with Crippen molar-refractivity contribution in [3.63, 3.8) is 0 Å². The molecule has 2 aromatic rings. The Bertz CT molecular complexity index is 468. The highest BCUT2D eigenvalue weighted by Gasteiger charge is 2.01. The third-order valence-electron chi connectivity index (χ3n) is 2.17. The maximum Gasteiger partial charge on any atom is 0.129 e. The fraction of sp³-hybridized carbons (Fsp3) is 0.0769. The van der Waals surface area contributed by atoms with Crippen molar-refractivity contribution in [1.82, 2.24) is 0 Å². The zero-order valence-electron chi connectivity index (χ0n) is 8.49. The largest absolute Gasteiger partial charge is 0.489 e. The molecular formula is C13H10BrFO. The van der Waals surface area contributed by atoms with Gasteiger partial charge >= 0.3 is 0 Å². The van der Waals surface area contributed by atoms with Gasteiger partial charge in [0.2, 0.25) is 0 Å². The van der Waals surface area contributed by atoms with Crippen LogP contribution in [-0.4, -0.2) is 0 Å². The van der Waals surface area contributed by atoms with Crippen molar-refractivity contribution >= 4 is 15.9 Å². The highest BCUT2D eigenvalue weighted by atomic mass is 79.9. The Balaban J connectivity index is 2.02. The van der Waals surface area contributed by atoms with Crippen LogP contribution in [0.4, 0.5) is 4.39 Å². The summed E-state index contributed by atoms with van der Waals surface area (Å²) in [5.41, 5.74) is 0.561. The molecule has 0 aliphatic rings. The molecule has 0 aliphatic heterocycles. The van der Waals surface area contributed by atoms with E-state index in [1.165, 1.54) is 6.07 Å². The summed E-state index contributed by atoms with van der Waals surface area (Å²) >= 11 is 3.34.